The third kappa shape index (κ3) is 4.84. The summed E-state index contributed by atoms with van der Waals surface area (Å²) in [6.07, 6.45) is 1.48. The van der Waals surface area contributed by atoms with Gasteiger partial charge in [-0.1, -0.05) is 6.08 Å². The summed E-state index contributed by atoms with van der Waals surface area (Å²) in [6.45, 7) is 3.90. The van der Waals surface area contributed by atoms with Crippen LogP contribution in [0.1, 0.15) is 16.9 Å². The lowest BCUT2D eigenvalue weighted by atomic mass is 10.2. The number of carbonyl (C=O) groups excluding carboxylic acids is 1. The summed E-state index contributed by atoms with van der Waals surface area (Å²) in [5.74, 6) is -1.84. The number of hydrogen-bond acceptors (Lipinski definition) is 5. The van der Waals surface area contributed by atoms with E-state index in [-0.39, 0.29) is 30.8 Å². The zero-order valence-corrected chi connectivity index (χ0v) is 11.6. The summed E-state index contributed by atoms with van der Waals surface area (Å²) in [6, 6.07) is 1.35. The average Bonchev–Trinajstić information content (AvgIpc) is 2.45. The number of nitrogens with zero attached hydrogens (tertiary/aromatic N) is 2. The maximum Gasteiger partial charge on any atom is 0.326 e. The van der Waals surface area contributed by atoms with E-state index in [1.165, 1.54) is 25.3 Å². The van der Waals surface area contributed by atoms with E-state index in [1.54, 1.807) is 0 Å². The van der Waals surface area contributed by atoms with Gasteiger partial charge >= 0.3 is 5.97 Å². The Balaban J connectivity index is 2.89. The summed E-state index contributed by atoms with van der Waals surface area (Å²) < 4.78 is 5.93. The molecule has 0 spiro atoms. The second-order valence-electron chi connectivity index (χ2n) is 4.16. The van der Waals surface area contributed by atoms with Crippen molar-refractivity contribution in [3.63, 3.8) is 0 Å². The van der Waals surface area contributed by atoms with Crippen LogP contribution in [-0.2, 0) is 16.1 Å². The summed E-state index contributed by atoms with van der Waals surface area (Å²) in [7, 11) is 1.48. The van der Waals surface area contributed by atoms with Gasteiger partial charge in [-0.25, -0.2) is 9.48 Å². The van der Waals surface area contributed by atoms with E-state index in [1.807, 2.05) is 0 Å². The standard InChI is InChI=1S/C13H17N3O5/c1-3-4-10(13(19)20)14-12(18)9-5-6-11(17)16(15-9)7-8-21-2/h3,5-6,10H,1,4,7-8H2,2H3,(H,14,18)(H,19,20). The molecule has 0 aromatic carbocycles. The Labute approximate surface area is 121 Å². The van der Waals surface area contributed by atoms with Crippen LogP contribution in [0.15, 0.2) is 29.6 Å². The van der Waals surface area contributed by atoms with Gasteiger partial charge in [0.2, 0.25) is 0 Å². The zero-order valence-electron chi connectivity index (χ0n) is 11.6. The molecule has 0 aliphatic heterocycles. The minimum atomic E-state index is -1.17. The van der Waals surface area contributed by atoms with Crippen molar-refractivity contribution in [3.05, 3.63) is 40.8 Å². The Morgan fingerprint density at radius 1 is 1.57 bits per heavy atom. The van der Waals surface area contributed by atoms with Crippen molar-refractivity contribution in [2.24, 2.45) is 0 Å². The van der Waals surface area contributed by atoms with E-state index in [0.717, 1.165) is 4.68 Å². The second kappa shape index (κ2) is 7.95. The van der Waals surface area contributed by atoms with Crippen LogP contribution in [0.25, 0.3) is 0 Å². The van der Waals surface area contributed by atoms with Crippen LogP contribution >= 0.6 is 0 Å². The van der Waals surface area contributed by atoms with E-state index in [9.17, 15) is 14.4 Å². The van der Waals surface area contributed by atoms with Crippen molar-refractivity contribution >= 4 is 11.9 Å². The number of ether oxygens (including phenoxy) is 1. The summed E-state index contributed by atoms with van der Waals surface area (Å²) in [5.41, 5.74) is -0.412. The van der Waals surface area contributed by atoms with Gasteiger partial charge in [0.15, 0.2) is 0 Å². The van der Waals surface area contributed by atoms with Crippen LogP contribution < -0.4 is 10.9 Å². The zero-order chi connectivity index (χ0) is 15.8. The Bertz CT molecular complexity index is 581. The van der Waals surface area contributed by atoms with Gasteiger partial charge in [-0.15, -0.1) is 6.58 Å². The van der Waals surface area contributed by atoms with Crippen LogP contribution in [0, 0.1) is 0 Å². The Morgan fingerprint density at radius 3 is 2.86 bits per heavy atom. The van der Waals surface area contributed by atoms with Crippen molar-refractivity contribution in [2.75, 3.05) is 13.7 Å². The molecule has 8 heteroatoms. The number of hydrogen-bond donors (Lipinski definition) is 2. The molecule has 1 atom stereocenters. The predicted molar refractivity (Wildman–Crippen MR) is 74.1 cm³/mol. The molecule has 0 fully saturated rings. The minimum absolute atomic E-state index is 0.0407. The topological polar surface area (TPSA) is 111 Å². The first-order valence-electron chi connectivity index (χ1n) is 6.21. The van der Waals surface area contributed by atoms with Gasteiger partial charge in [-0.05, 0) is 12.5 Å². The van der Waals surface area contributed by atoms with Crippen molar-refractivity contribution < 1.29 is 19.4 Å². The molecule has 114 valence electrons. The quantitative estimate of drug-likeness (QED) is 0.634. The molecule has 0 radical (unpaired) electrons. The molecule has 0 saturated carbocycles. The fraction of sp³-hybridized carbons (Fsp3) is 0.385. The highest BCUT2D eigenvalue weighted by atomic mass is 16.5. The molecule has 0 bridgehead atoms. The van der Waals surface area contributed by atoms with E-state index < -0.39 is 17.9 Å². The molecular formula is C13H17N3O5. The van der Waals surface area contributed by atoms with Crippen molar-refractivity contribution in [2.45, 2.75) is 19.0 Å². The van der Waals surface area contributed by atoms with E-state index in [0.29, 0.717) is 0 Å². The fourth-order valence-corrected chi connectivity index (χ4v) is 1.53. The normalized spacial score (nSPS) is 11.7. The van der Waals surface area contributed by atoms with Gasteiger partial charge in [-0.3, -0.25) is 9.59 Å². The number of amides is 1. The van der Waals surface area contributed by atoms with Crippen molar-refractivity contribution in [1.29, 1.82) is 0 Å². The number of carboxylic acids is 1. The van der Waals surface area contributed by atoms with Gasteiger partial charge < -0.3 is 15.2 Å². The molecule has 1 amide bonds. The fourth-order valence-electron chi connectivity index (χ4n) is 1.53. The lowest BCUT2D eigenvalue weighted by Crippen LogP contribution is -2.41. The Morgan fingerprint density at radius 2 is 2.29 bits per heavy atom. The first-order valence-corrected chi connectivity index (χ1v) is 6.21. The number of methoxy groups -OCH3 is 1. The molecule has 1 unspecified atom stereocenters. The Kier molecular flexibility index (Phi) is 6.28. The second-order valence-corrected chi connectivity index (χ2v) is 4.16. The predicted octanol–water partition coefficient (Wildman–Crippen LogP) is -0.351. The average molecular weight is 295 g/mol. The monoisotopic (exact) mass is 295 g/mol. The largest absolute Gasteiger partial charge is 0.480 e. The molecule has 0 aliphatic carbocycles. The summed E-state index contributed by atoms with van der Waals surface area (Å²) in [5, 5.41) is 15.2. The first-order chi connectivity index (χ1) is 9.99. The maximum absolute atomic E-state index is 12.0. The van der Waals surface area contributed by atoms with E-state index >= 15 is 0 Å². The molecule has 1 aromatic heterocycles. The van der Waals surface area contributed by atoms with Crippen LogP contribution in [-0.4, -0.2) is 46.5 Å². The van der Waals surface area contributed by atoms with Gasteiger partial charge in [-0.2, -0.15) is 5.10 Å². The molecule has 0 saturated heterocycles. The highest BCUT2D eigenvalue weighted by Gasteiger charge is 2.20. The smallest absolute Gasteiger partial charge is 0.326 e. The van der Waals surface area contributed by atoms with E-state index in [2.05, 4.69) is 17.0 Å². The molecule has 1 rings (SSSR count). The molecule has 0 aliphatic rings. The lowest BCUT2D eigenvalue weighted by molar-refractivity contribution is -0.139. The molecule has 21 heavy (non-hydrogen) atoms. The SMILES string of the molecule is C=CCC(NC(=O)c1ccc(=O)n(CCOC)n1)C(=O)O. The minimum Gasteiger partial charge on any atom is -0.480 e. The van der Waals surface area contributed by atoms with Gasteiger partial charge in [0.25, 0.3) is 11.5 Å². The number of nitrogens with one attached hydrogen (secondary N) is 1. The lowest BCUT2D eigenvalue weighted by Gasteiger charge is -2.12. The summed E-state index contributed by atoms with van der Waals surface area (Å²) >= 11 is 0. The van der Waals surface area contributed by atoms with Crippen LogP contribution in [0.4, 0.5) is 0 Å². The van der Waals surface area contributed by atoms with Crippen molar-refractivity contribution in [1.82, 2.24) is 15.1 Å². The van der Waals surface area contributed by atoms with Crippen LogP contribution in [0.2, 0.25) is 0 Å². The van der Waals surface area contributed by atoms with Crippen molar-refractivity contribution in [3.8, 4) is 0 Å². The molecule has 2 N–H and O–H groups in total. The highest BCUT2D eigenvalue weighted by Crippen LogP contribution is 1.97. The Hall–Kier alpha value is -2.48. The van der Waals surface area contributed by atoms with Gasteiger partial charge in [0, 0.05) is 13.2 Å². The van der Waals surface area contributed by atoms with Gasteiger partial charge in [0.05, 0.1) is 13.2 Å². The number of aromatic nitrogens is 2. The number of aliphatic carboxylic acids is 1. The number of rotatable bonds is 8. The summed E-state index contributed by atoms with van der Waals surface area (Å²) in [4.78, 5) is 34.5. The number of carboxylic acid groups (broad SMARTS) is 1. The number of carbonyl (C=O) groups is 2. The van der Waals surface area contributed by atoms with E-state index in [4.69, 9.17) is 9.84 Å². The third-order valence-electron chi connectivity index (χ3n) is 2.61. The van der Waals surface area contributed by atoms with Crippen LogP contribution in [0.3, 0.4) is 0 Å². The molecule has 1 heterocycles. The first kappa shape index (κ1) is 16.6. The molecule has 8 nitrogen and oxygen atoms in total. The van der Waals surface area contributed by atoms with Gasteiger partial charge in [0.1, 0.15) is 11.7 Å². The molecular weight excluding hydrogens is 278 g/mol. The highest BCUT2D eigenvalue weighted by molar-refractivity contribution is 5.94. The van der Waals surface area contributed by atoms with Crippen LogP contribution in [0.5, 0.6) is 0 Å². The molecule has 1 aromatic rings. The maximum atomic E-state index is 12.0. The third-order valence-corrected chi connectivity index (χ3v) is 2.61.